The summed E-state index contributed by atoms with van der Waals surface area (Å²) in [5.74, 6) is 0.371. The van der Waals surface area contributed by atoms with Gasteiger partial charge in [-0.1, -0.05) is 13.8 Å². The summed E-state index contributed by atoms with van der Waals surface area (Å²) in [5, 5.41) is 12.1. The second-order valence-electron chi connectivity index (χ2n) is 5.60. The second kappa shape index (κ2) is 8.54. The average Bonchev–Trinajstić information content (AvgIpc) is 3.06. The third-order valence-electron chi connectivity index (χ3n) is 3.72. The van der Waals surface area contributed by atoms with Crippen molar-refractivity contribution in [2.24, 2.45) is 0 Å². The molecule has 132 valence electrons. The van der Waals surface area contributed by atoms with E-state index in [2.05, 4.69) is 5.32 Å². The van der Waals surface area contributed by atoms with E-state index in [9.17, 15) is 14.7 Å². The monoisotopic (exact) mass is 336 g/mol. The van der Waals surface area contributed by atoms with Crippen LogP contribution in [-0.2, 0) is 4.79 Å². The van der Waals surface area contributed by atoms with Crippen molar-refractivity contribution in [1.82, 2.24) is 10.2 Å². The lowest BCUT2D eigenvalue weighted by atomic mass is 10.1. The normalized spacial score (nSPS) is 13.5. The zero-order chi connectivity index (χ0) is 17.5. The van der Waals surface area contributed by atoms with Crippen molar-refractivity contribution in [3.63, 3.8) is 0 Å². The number of fused-ring (bicyclic) bond motifs is 1. The summed E-state index contributed by atoms with van der Waals surface area (Å²) in [6, 6.07) is 3.85. The highest BCUT2D eigenvalue weighted by atomic mass is 16.7. The van der Waals surface area contributed by atoms with Gasteiger partial charge in [-0.15, -0.1) is 0 Å². The van der Waals surface area contributed by atoms with Crippen molar-refractivity contribution >= 4 is 11.8 Å². The zero-order valence-corrected chi connectivity index (χ0v) is 14.1. The first-order chi connectivity index (χ1) is 11.6. The Labute approximate surface area is 141 Å². The number of nitrogens with zero attached hydrogens (tertiary/aromatic N) is 1. The van der Waals surface area contributed by atoms with Gasteiger partial charge in [-0.25, -0.2) is 0 Å². The number of hydrogen-bond acceptors (Lipinski definition) is 5. The van der Waals surface area contributed by atoms with E-state index in [-0.39, 0.29) is 12.7 Å². The van der Waals surface area contributed by atoms with Crippen LogP contribution in [0, 0.1) is 0 Å². The fraction of sp³-hybridized carbons (Fsp3) is 0.529. The van der Waals surface area contributed by atoms with Crippen molar-refractivity contribution in [1.29, 1.82) is 0 Å². The van der Waals surface area contributed by atoms with Crippen LogP contribution >= 0.6 is 0 Å². The number of ether oxygens (including phenoxy) is 2. The van der Waals surface area contributed by atoms with E-state index in [1.807, 2.05) is 13.8 Å². The molecule has 0 saturated carbocycles. The second-order valence-corrected chi connectivity index (χ2v) is 5.60. The van der Waals surface area contributed by atoms with Gasteiger partial charge < -0.3 is 24.8 Å². The molecule has 0 bridgehead atoms. The summed E-state index contributed by atoms with van der Waals surface area (Å²) in [6.07, 6.45) is 1.64. The van der Waals surface area contributed by atoms with E-state index in [1.165, 1.54) is 0 Å². The van der Waals surface area contributed by atoms with E-state index < -0.39 is 18.6 Å². The van der Waals surface area contributed by atoms with Gasteiger partial charge in [0.25, 0.3) is 5.91 Å². The molecule has 0 radical (unpaired) electrons. The van der Waals surface area contributed by atoms with E-state index >= 15 is 0 Å². The van der Waals surface area contributed by atoms with Crippen molar-refractivity contribution in [2.75, 3.05) is 26.5 Å². The van der Waals surface area contributed by atoms with Gasteiger partial charge in [0.2, 0.25) is 12.7 Å². The molecule has 1 aromatic rings. The molecule has 1 unspecified atom stereocenters. The summed E-state index contributed by atoms with van der Waals surface area (Å²) in [4.78, 5) is 26.5. The first-order valence-electron chi connectivity index (χ1n) is 8.20. The first-order valence-corrected chi connectivity index (χ1v) is 8.20. The number of nitrogens with one attached hydrogen (secondary N) is 1. The average molecular weight is 336 g/mol. The van der Waals surface area contributed by atoms with Gasteiger partial charge in [0, 0.05) is 18.7 Å². The Morgan fingerprint density at radius 3 is 2.50 bits per heavy atom. The van der Waals surface area contributed by atoms with Crippen LogP contribution in [-0.4, -0.2) is 54.4 Å². The number of hydrogen-bond donors (Lipinski definition) is 2. The summed E-state index contributed by atoms with van der Waals surface area (Å²) in [7, 11) is 0. The number of amides is 2. The van der Waals surface area contributed by atoms with Gasteiger partial charge >= 0.3 is 0 Å². The highest BCUT2D eigenvalue weighted by molar-refractivity contribution is 5.98. The molecule has 2 amide bonds. The SMILES string of the molecule is CCCN(CCC)C(=O)C(CO)NC(=O)c1ccc2c(c1)OCO2. The molecule has 1 aliphatic heterocycles. The number of benzene rings is 1. The van der Waals surface area contributed by atoms with Crippen LogP contribution in [0.4, 0.5) is 0 Å². The maximum Gasteiger partial charge on any atom is 0.252 e. The molecule has 2 N–H and O–H groups in total. The largest absolute Gasteiger partial charge is 0.454 e. The third-order valence-corrected chi connectivity index (χ3v) is 3.72. The maximum absolute atomic E-state index is 12.5. The first kappa shape index (κ1) is 18.1. The molecule has 2 rings (SSSR count). The molecule has 7 nitrogen and oxygen atoms in total. The van der Waals surface area contributed by atoms with Gasteiger partial charge in [0.05, 0.1) is 6.61 Å². The van der Waals surface area contributed by atoms with Crippen LogP contribution in [0.2, 0.25) is 0 Å². The fourth-order valence-corrected chi connectivity index (χ4v) is 2.56. The molecular formula is C17H24N2O5. The van der Waals surface area contributed by atoms with Crippen LogP contribution in [0.25, 0.3) is 0 Å². The van der Waals surface area contributed by atoms with Crippen molar-refractivity contribution < 1.29 is 24.2 Å². The minimum atomic E-state index is -0.957. The lowest BCUT2D eigenvalue weighted by Crippen LogP contribution is -2.51. The number of aliphatic hydroxyl groups is 1. The summed E-state index contributed by atoms with van der Waals surface area (Å²) in [6.45, 7) is 4.84. The smallest absolute Gasteiger partial charge is 0.252 e. The Morgan fingerprint density at radius 2 is 1.88 bits per heavy atom. The van der Waals surface area contributed by atoms with E-state index in [0.29, 0.717) is 30.2 Å². The Bertz CT molecular complexity index is 584. The van der Waals surface area contributed by atoms with Crippen LogP contribution < -0.4 is 14.8 Å². The quantitative estimate of drug-likeness (QED) is 0.744. The van der Waals surface area contributed by atoms with Gasteiger partial charge in [-0.2, -0.15) is 0 Å². The highest BCUT2D eigenvalue weighted by Crippen LogP contribution is 2.32. The predicted octanol–water partition coefficient (Wildman–Crippen LogP) is 1.15. The molecule has 0 spiro atoms. The van der Waals surface area contributed by atoms with E-state index in [4.69, 9.17) is 9.47 Å². The van der Waals surface area contributed by atoms with Crippen LogP contribution in [0.1, 0.15) is 37.0 Å². The summed E-state index contributed by atoms with van der Waals surface area (Å²) in [5.41, 5.74) is 0.350. The molecule has 24 heavy (non-hydrogen) atoms. The molecule has 7 heteroatoms. The minimum absolute atomic E-state index is 0.126. The third kappa shape index (κ3) is 4.17. The molecule has 1 aromatic carbocycles. The Morgan fingerprint density at radius 1 is 1.21 bits per heavy atom. The Balaban J connectivity index is 2.05. The predicted molar refractivity (Wildman–Crippen MR) is 88.1 cm³/mol. The molecule has 0 aliphatic carbocycles. The standard InChI is InChI=1S/C17H24N2O5/c1-3-7-19(8-4-2)17(22)13(10-20)18-16(21)12-5-6-14-15(9-12)24-11-23-14/h5-6,9,13,20H,3-4,7-8,10-11H2,1-2H3,(H,18,21). The molecule has 1 aliphatic rings. The molecular weight excluding hydrogens is 312 g/mol. The summed E-state index contributed by atoms with van der Waals surface area (Å²) >= 11 is 0. The zero-order valence-electron chi connectivity index (χ0n) is 14.1. The van der Waals surface area contributed by atoms with Gasteiger partial charge in [-0.3, -0.25) is 9.59 Å². The van der Waals surface area contributed by atoms with Crippen LogP contribution in [0.5, 0.6) is 11.5 Å². The molecule has 0 aromatic heterocycles. The van der Waals surface area contributed by atoms with Crippen LogP contribution in [0.15, 0.2) is 18.2 Å². The number of aliphatic hydroxyl groups excluding tert-OH is 1. The van der Waals surface area contributed by atoms with Gasteiger partial charge in [0.15, 0.2) is 11.5 Å². The summed E-state index contributed by atoms with van der Waals surface area (Å²) < 4.78 is 10.4. The molecule has 1 atom stereocenters. The maximum atomic E-state index is 12.5. The lowest BCUT2D eigenvalue weighted by molar-refractivity contribution is -0.134. The van der Waals surface area contributed by atoms with Crippen molar-refractivity contribution in [2.45, 2.75) is 32.7 Å². The van der Waals surface area contributed by atoms with Crippen molar-refractivity contribution in [3.8, 4) is 11.5 Å². The number of carbonyl (C=O) groups is 2. The fourth-order valence-electron chi connectivity index (χ4n) is 2.56. The number of carbonyl (C=O) groups excluding carboxylic acids is 2. The van der Waals surface area contributed by atoms with Crippen molar-refractivity contribution in [3.05, 3.63) is 23.8 Å². The lowest BCUT2D eigenvalue weighted by Gasteiger charge is -2.26. The van der Waals surface area contributed by atoms with Crippen LogP contribution in [0.3, 0.4) is 0 Å². The highest BCUT2D eigenvalue weighted by Gasteiger charge is 2.25. The van der Waals surface area contributed by atoms with E-state index in [1.54, 1.807) is 23.1 Å². The topological polar surface area (TPSA) is 88.1 Å². The minimum Gasteiger partial charge on any atom is -0.454 e. The Kier molecular flexibility index (Phi) is 6.43. The van der Waals surface area contributed by atoms with Gasteiger partial charge in [0.1, 0.15) is 6.04 Å². The molecule has 0 saturated heterocycles. The molecule has 1 heterocycles. The number of rotatable bonds is 8. The molecule has 0 fully saturated rings. The Hall–Kier alpha value is -2.28. The van der Waals surface area contributed by atoms with E-state index in [0.717, 1.165) is 12.8 Å². The van der Waals surface area contributed by atoms with Gasteiger partial charge in [-0.05, 0) is 31.0 Å².